The smallest absolute Gasteiger partial charge is 0.167 e. The lowest BCUT2D eigenvalue weighted by molar-refractivity contribution is 0.0415. The maximum Gasteiger partial charge on any atom is 0.167 e. The Bertz CT molecular complexity index is 479. The minimum atomic E-state index is -1.58. The van der Waals surface area contributed by atoms with Crippen molar-refractivity contribution in [3.05, 3.63) is 10.1 Å². The Morgan fingerprint density at radius 2 is 1.39 bits per heavy atom. The monoisotopic (exact) mass is 368 g/mol. The molecule has 0 aromatic carbocycles. The van der Waals surface area contributed by atoms with Crippen LogP contribution in [0.25, 0.3) is 0 Å². The molecule has 100 valence electrons. The van der Waals surface area contributed by atoms with Gasteiger partial charge < -0.3 is 9.84 Å². The van der Waals surface area contributed by atoms with E-state index in [1.54, 1.807) is 0 Å². The Hall–Kier alpha value is 1.40. The van der Waals surface area contributed by atoms with E-state index in [1.807, 2.05) is 0 Å². The van der Waals surface area contributed by atoms with Crippen LogP contribution in [0.5, 0.6) is 0 Å². The molecule has 1 N–H and O–H groups in total. The third-order valence-electron chi connectivity index (χ3n) is 4.67. The lowest BCUT2D eigenvalue weighted by Gasteiger charge is -2.35. The number of aliphatic hydroxyl groups excluding tert-OH is 1. The standard InChI is InChI=1S/C10H6Cl6O2/c11-6-7(12)9(14)2-1(3(17)5-4(2)18-5)8(6,13)10(9,15)16/h1-5,17H/t1?,2?,3-,4+,5-,8+,9-/m1/s1. The molecule has 7 atom stereocenters. The lowest BCUT2D eigenvalue weighted by atomic mass is 9.83. The molecule has 0 spiro atoms. The second-order valence-electron chi connectivity index (χ2n) is 5.23. The SMILES string of the molecule is O[C@@H]1C2C([C@@H]3O[C@H]13)[C@@]1(Cl)C(Cl)=C(Cl)[C@]2(Cl)C1(Cl)Cl. The molecule has 2 saturated carbocycles. The Kier molecular flexibility index (Phi) is 2.36. The molecule has 3 aliphatic carbocycles. The quantitative estimate of drug-likeness (QED) is 0.524. The number of ether oxygens (including phenoxy) is 1. The van der Waals surface area contributed by atoms with Crippen LogP contribution in [0, 0.1) is 11.8 Å². The number of halogens is 6. The third-order valence-corrected chi connectivity index (χ3v) is 8.96. The number of fused-ring (bicyclic) bond motifs is 7. The number of rotatable bonds is 0. The van der Waals surface area contributed by atoms with E-state index in [2.05, 4.69) is 0 Å². The third kappa shape index (κ3) is 0.972. The topological polar surface area (TPSA) is 32.8 Å². The van der Waals surface area contributed by atoms with E-state index in [0.29, 0.717) is 0 Å². The maximum absolute atomic E-state index is 10.2. The summed E-state index contributed by atoms with van der Waals surface area (Å²) in [6.45, 7) is 0. The van der Waals surface area contributed by atoms with Gasteiger partial charge >= 0.3 is 0 Å². The first-order valence-electron chi connectivity index (χ1n) is 5.36. The molecule has 3 fully saturated rings. The fourth-order valence-corrected chi connectivity index (χ4v) is 6.91. The van der Waals surface area contributed by atoms with Crippen molar-refractivity contribution < 1.29 is 9.84 Å². The van der Waals surface area contributed by atoms with Crippen molar-refractivity contribution in [2.75, 3.05) is 0 Å². The van der Waals surface area contributed by atoms with Crippen molar-refractivity contribution in [2.24, 2.45) is 11.8 Å². The molecule has 1 saturated heterocycles. The summed E-state index contributed by atoms with van der Waals surface area (Å²) >= 11 is 38.3. The van der Waals surface area contributed by atoms with E-state index in [0.717, 1.165) is 0 Å². The molecule has 4 rings (SSSR count). The summed E-state index contributed by atoms with van der Waals surface area (Å²) in [4.78, 5) is -2.67. The van der Waals surface area contributed by atoms with Crippen molar-refractivity contribution >= 4 is 69.6 Å². The molecule has 2 nitrogen and oxygen atoms in total. The van der Waals surface area contributed by atoms with Crippen molar-refractivity contribution in [2.45, 2.75) is 32.4 Å². The molecular weight excluding hydrogens is 365 g/mol. The van der Waals surface area contributed by atoms with Gasteiger partial charge in [0, 0.05) is 11.8 Å². The summed E-state index contributed by atoms with van der Waals surface area (Å²) in [5.74, 6) is -0.785. The highest BCUT2D eigenvalue weighted by Gasteiger charge is 2.89. The molecule has 0 aromatic heterocycles. The van der Waals surface area contributed by atoms with E-state index < -0.39 is 26.1 Å². The fourth-order valence-electron chi connectivity index (χ4n) is 3.85. The highest BCUT2D eigenvalue weighted by molar-refractivity contribution is 6.65. The van der Waals surface area contributed by atoms with Crippen molar-refractivity contribution in [3.63, 3.8) is 0 Å². The van der Waals surface area contributed by atoms with Gasteiger partial charge in [-0.1, -0.05) is 46.4 Å². The van der Waals surface area contributed by atoms with Gasteiger partial charge in [0.25, 0.3) is 0 Å². The van der Waals surface area contributed by atoms with E-state index >= 15 is 0 Å². The molecule has 1 heterocycles. The van der Waals surface area contributed by atoms with Crippen LogP contribution in [-0.2, 0) is 4.74 Å². The maximum atomic E-state index is 10.2. The van der Waals surface area contributed by atoms with Crippen LogP contribution in [0.15, 0.2) is 10.1 Å². The largest absolute Gasteiger partial charge is 0.390 e. The van der Waals surface area contributed by atoms with Crippen LogP contribution in [0.1, 0.15) is 0 Å². The average Bonchev–Trinajstić information content (AvgIpc) is 2.98. The summed E-state index contributed by atoms with van der Waals surface area (Å²) in [6, 6.07) is 0. The molecule has 8 heteroatoms. The zero-order valence-electron chi connectivity index (χ0n) is 8.51. The first kappa shape index (κ1) is 13.1. The van der Waals surface area contributed by atoms with Crippen molar-refractivity contribution in [1.82, 2.24) is 0 Å². The number of allylic oxidation sites excluding steroid dienone is 2. The molecule has 18 heavy (non-hydrogen) atoms. The van der Waals surface area contributed by atoms with Gasteiger partial charge in [0.1, 0.15) is 15.9 Å². The molecular formula is C10H6Cl6O2. The predicted molar refractivity (Wildman–Crippen MR) is 72.0 cm³/mol. The predicted octanol–water partition coefficient (Wildman–Crippen LogP) is 3.21. The van der Waals surface area contributed by atoms with E-state index in [1.165, 1.54) is 0 Å². The van der Waals surface area contributed by atoms with Crippen molar-refractivity contribution in [3.8, 4) is 0 Å². The van der Waals surface area contributed by atoms with Gasteiger partial charge in [-0.3, -0.25) is 0 Å². The summed E-state index contributed by atoms with van der Waals surface area (Å²) in [7, 11) is 0. The average molecular weight is 371 g/mol. The van der Waals surface area contributed by atoms with Gasteiger partial charge in [-0.15, -0.1) is 23.2 Å². The van der Waals surface area contributed by atoms with Crippen LogP contribution in [0.4, 0.5) is 0 Å². The first-order chi connectivity index (χ1) is 8.20. The minimum Gasteiger partial charge on any atom is -0.390 e. The minimum absolute atomic E-state index is 0.132. The van der Waals surface area contributed by atoms with Gasteiger partial charge in [0.15, 0.2) is 4.33 Å². The number of hydrogen-bond acceptors (Lipinski definition) is 2. The molecule has 2 unspecified atom stereocenters. The number of hydrogen-bond donors (Lipinski definition) is 1. The van der Waals surface area contributed by atoms with Gasteiger partial charge in [0.2, 0.25) is 0 Å². The van der Waals surface area contributed by atoms with Crippen LogP contribution >= 0.6 is 69.6 Å². The van der Waals surface area contributed by atoms with Gasteiger partial charge in [-0.2, -0.15) is 0 Å². The second-order valence-corrected chi connectivity index (χ2v) is 8.51. The summed E-state index contributed by atoms with van der Waals surface area (Å²) < 4.78 is 3.81. The normalized spacial score (nSPS) is 63.2. The zero-order chi connectivity index (χ0) is 13.2. The Morgan fingerprint density at radius 1 is 0.889 bits per heavy atom. The molecule has 0 aromatic rings. The Morgan fingerprint density at radius 3 is 1.94 bits per heavy atom. The van der Waals surface area contributed by atoms with Crippen LogP contribution in [-0.4, -0.2) is 37.5 Å². The number of aliphatic hydroxyl groups is 1. The van der Waals surface area contributed by atoms with Gasteiger partial charge in [-0.25, -0.2) is 0 Å². The first-order valence-corrected chi connectivity index (χ1v) is 7.63. The zero-order valence-corrected chi connectivity index (χ0v) is 13.0. The van der Waals surface area contributed by atoms with Crippen LogP contribution in [0.3, 0.4) is 0 Å². The summed E-state index contributed by atoms with van der Waals surface area (Å²) in [6.07, 6.45) is -1.26. The number of epoxide rings is 1. The van der Waals surface area contributed by atoms with Crippen LogP contribution in [0.2, 0.25) is 0 Å². The lowest BCUT2D eigenvalue weighted by Crippen LogP contribution is -2.47. The summed E-state index contributed by atoms with van der Waals surface area (Å²) in [5, 5.41) is 10.5. The van der Waals surface area contributed by atoms with Gasteiger partial charge in [-0.05, 0) is 0 Å². The summed E-state index contributed by atoms with van der Waals surface area (Å²) in [5.41, 5.74) is 0. The molecule has 0 radical (unpaired) electrons. The number of alkyl halides is 4. The Balaban J connectivity index is 2.01. The van der Waals surface area contributed by atoms with E-state index in [9.17, 15) is 5.11 Å². The molecule has 4 aliphatic rings. The fraction of sp³-hybridized carbons (Fsp3) is 0.800. The molecule has 0 amide bonds. The Labute approximate surface area is 133 Å². The van der Waals surface area contributed by atoms with E-state index in [-0.39, 0.29) is 28.2 Å². The van der Waals surface area contributed by atoms with Gasteiger partial charge in [0.05, 0.1) is 22.3 Å². The second kappa shape index (κ2) is 3.25. The molecule has 2 bridgehead atoms. The van der Waals surface area contributed by atoms with E-state index in [4.69, 9.17) is 74.3 Å². The van der Waals surface area contributed by atoms with Crippen molar-refractivity contribution in [1.29, 1.82) is 0 Å². The van der Waals surface area contributed by atoms with Crippen LogP contribution < -0.4 is 0 Å². The highest BCUT2D eigenvalue weighted by atomic mass is 35.5. The highest BCUT2D eigenvalue weighted by Crippen LogP contribution is 2.80. The molecule has 1 aliphatic heterocycles.